The average molecular weight is 281 g/mol. The van der Waals surface area contributed by atoms with Gasteiger partial charge in [-0.25, -0.2) is 4.98 Å². The number of hydrogen-bond acceptors (Lipinski definition) is 3. The Labute approximate surface area is 126 Å². The average Bonchev–Trinajstić information content (AvgIpc) is 2.53. The fourth-order valence-electron chi connectivity index (χ4n) is 3.04. The van der Waals surface area contributed by atoms with Crippen molar-refractivity contribution in [2.45, 2.75) is 39.3 Å². The van der Waals surface area contributed by atoms with E-state index in [-0.39, 0.29) is 6.04 Å². The molecule has 0 unspecified atom stereocenters. The summed E-state index contributed by atoms with van der Waals surface area (Å²) in [6, 6.07) is 13.0. The molecule has 0 fully saturated rings. The second-order valence-corrected chi connectivity index (χ2v) is 5.80. The Bertz CT molecular complexity index is 636. The summed E-state index contributed by atoms with van der Waals surface area (Å²) in [5, 5.41) is 0. The van der Waals surface area contributed by atoms with Gasteiger partial charge in [0.1, 0.15) is 5.82 Å². The molecule has 1 aliphatic rings. The van der Waals surface area contributed by atoms with E-state index in [2.05, 4.69) is 55.1 Å². The Hall–Kier alpha value is -1.87. The highest BCUT2D eigenvalue weighted by atomic mass is 15.2. The lowest BCUT2D eigenvalue weighted by atomic mass is 9.99. The molecule has 1 aromatic carbocycles. The number of benzene rings is 1. The molecule has 1 atom stereocenters. The van der Waals surface area contributed by atoms with Crippen molar-refractivity contribution in [3.05, 3.63) is 58.8 Å². The van der Waals surface area contributed by atoms with Crippen molar-refractivity contribution in [3.8, 4) is 0 Å². The lowest BCUT2D eigenvalue weighted by Crippen LogP contribution is -2.31. The Kier molecular flexibility index (Phi) is 3.93. The molecule has 2 N–H and O–H groups in total. The van der Waals surface area contributed by atoms with E-state index >= 15 is 0 Å². The number of pyridine rings is 1. The molecule has 0 aliphatic carbocycles. The lowest BCUT2D eigenvalue weighted by molar-refractivity contribution is 0.682. The molecule has 0 bridgehead atoms. The molecule has 0 saturated carbocycles. The SMILES string of the molecule is CC[C@H](N)c1ccc(N2CCc3ccccc3C2)nc1C. The number of nitrogens with two attached hydrogens (primary N) is 1. The van der Waals surface area contributed by atoms with E-state index in [1.807, 2.05) is 0 Å². The molecule has 0 amide bonds. The van der Waals surface area contributed by atoms with Gasteiger partial charge in [-0.15, -0.1) is 0 Å². The van der Waals surface area contributed by atoms with Gasteiger partial charge in [-0.1, -0.05) is 37.3 Å². The molecule has 1 aromatic heterocycles. The summed E-state index contributed by atoms with van der Waals surface area (Å²) >= 11 is 0. The van der Waals surface area contributed by atoms with Gasteiger partial charge in [0, 0.05) is 24.8 Å². The number of hydrogen-bond donors (Lipinski definition) is 1. The number of anilines is 1. The van der Waals surface area contributed by atoms with Gasteiger partial charge in [-0.3, -0.25) is 0 Å². The van der Waals surface area contributed by atoms with E-state index in [9.17, 15) is 0 Å². The number of aryl methyl sites for hydroxylation is 1. The first-order valence-electron chi connectivity index (χ1n) is 7.74. The van der Waals surface area contributed by atoms with Gasteiger partial charge in [0.25, 0.3) is 0 Å². The van der Waals surface area contributed by atoms with Gasteiger partial charge >= 0.3 is 0 Å². The first-order valence-corrected chi connectivity index (χ1v) is 7.74. The van der Waals surface area contributed by atoms with Crippen LogP contribution in [0.2, 0.25) is 0 Å². The van der Waals surface area contributed by atoms with Crippen LogP contribution in [0.1, 0.15) is 41.8 Å². The van der Waals surface area contributed by atoms with Gasteiger partial charge in [-0.2, -0.15) is 0 Å². The third-order valence-electron chi connectivity index (χ3n) is 4.41. The van der Waals surface area contributed by atoms with Crippen molar-refractivity contribution < 1.29 is 0 Å². The van der Waals surface area contributed by atoms with Crippen molar-refractivity contribution in [1.82, 2.24) is 4.98 Å². The summed E-state index contributed by atoms with van der Waals surface area (Å²) in [4.78, 5) is 7.14. The Balaban J connectivity index is 1.84. The van der Waals surface area contributed by atoms with E-state index in [0.29, 0.717) is 0 Å². The standard InChI is InChI=1S/C18H23N3/c1-3-17(19)16-8-9-18(20-13(16)2)21-11-10-14-6-4-5-7-15(14)12-21/h4-9,17H,3,10-12,19H2,1-2H3/t17-/m0/s1. The Morgan fingerprint density at radius 2 is 1.95 bits per heavy atom. The number of nitrogens with zero attached hydrogens (tertiary/aromatic N) is 2. The van der Waals surface area contributed by atoms with Crippen molar-refractivity contribution in [2.24, 2.45) is 5.73 Å². The molecule has 0 saturated heterocycles. The largest absolute Gasteiger partial charge is 0.352 e. The smallest absolute Gasteiger partial charge is 0.129 e. The molecule has 110 valence electrons. The predicted molar refractivity (Wildman–Crippen MR) is 87.4 cm³/mol. The molecule has 2 heterocycles. The second kappa shape index (κ2) is 5.86. The summed E-state index contributed by atoms with van der Waals surface area (Å²) in [7, 11) is 0. The molecular formula is C18H23N3. The molecule has 2 aromatic rings. The summed E-state index contributed by atoms with van der Waals surface area (Å²) in [5.74, 6) is 1.06. The fourth-order valence-corrected chi connectivity index (χ4v) is 3.04. The van der Waals surface area contributed by atoms with Crippen LogP contribution in [-0.4, -0.2) is 11.5 Å². The van der Waals surface area contributed by atoms with Crippen molar-refractivity contribution in [1.29, 1.82) is 0 Å². The molecule has 3 nitrogen and oxygen atoms in total. The number of fused-ring (bicyclic) bond motifs is 1. The number of aromatic nitrogens is 1. The maximum Gasteiger partial charge on any atom is 0.129 e. The third kappa shape index (κ3) is 2.79. The maximum absolute atomic E-state index is 6.13. The van der Waals surface area contributed by atoms with Gasteiger partial charge < -0.3 is 10.6 Å². The molecule has 1 aliphatic heterocycles. The van der Waals surface area contributed by atoms with Crippen LogP contribution in [0.25, 0.3) is 0 Å². The highest BCUT2D eigenvalue weighted by molar-refractivity contribution is 5.46. The van der Waals surface area contributed by atoms with E-state index in [1.54, 1.807) is 0 Å². The zero-order valence-corrected chi connectivity index (χ0v) is 12.8. The van der Waals surface area contributed by atoms with Crippen LogP contribution in [0.3, 0.4) is 0 Å². The van der Waals surface area contributed by atoms with Gasteiger partial charge in [0.2, 0.25) is 0 Å². The van der Waals surface area contributed by atoms with Crippen LogP contribution in [0.5, 0.6) is 0 Å². The van der Waals surface area contributed by atoms with E-state index < -0.39 is 0 Å². The van der Waals surface area contributed by atoms with Crippen molar-refractivity contribution in [2.75, 3.05) is 11.4 Å². The quantitative estimate of drug-likeness (QED) is 0.938. The van der Waals surface area contributed by atoms with Gasteiger partial charge in [-0.05, 0) is 42.5 Å². The van der Waals surface area contributed by atoms with Crippen LogP contribution in [0.15, 0.2) is 36.4 Å². The number of rotatable bonds is 3. The Morgan fingerprint density at radius 1 is 1.19 bits per heavy atom. The zero-order valence-electron chi connectivity index (χ0n) is 12.8. The van der Waals surface area contributed by atoms with Crippen LogP contribution >= 0.6 is 0 Å². The minimum Gasteiger partial charge on any atom is -0.352 e. The molecule has 3 heteroatoms. The topological polar surface area (TPSA) is 42.1 Å². The van der Waals surface area contributed by atoms with E-state index in [1.165, 1.54) is 16.7 Å². The summed E-state index contributed by atoms with van der Waals surface area (Å²) < 4.78 is 0. The second-order valence-electron chi connectivity index (χ2n) is 5.80. The molecule has 3 rings (SSSR count). The molecular weight excluding hydrogens is 258 g/mol. The first kappa shape index (κ1) is 14.1. The molecule has 0 spiro atoms. The minimum absolute atomic E-state index is 0.0913. The maximum atomic E-state index is 6.13. The summed E-state index contributed by atoms with van der Waals surface area (Å²) in [6.45, 7) is 6.15. The highest BCUT2D eigenvalue weighted by Gasteiger charge is 2.18. The molecule has 21 heavy (non-hydrogen) atoms. The Morgan fingerprint density at radius 3 is 2.67 bits per heavy atom. The normalized spacial score (nSPS) is 15.7. The van der Waals surface area contributed by atoms with Crippen LogP contribution in [0, 0.1) is 6.92 Å². The van der Waals surface area contributed by atoms with Crippen molar-refractivity contribution in [3.63, 3.8) is 0 Å². The lowest BCUT2D eigenvalue weighted by Gasteiger charge is -2.30. The summed E-state index contributed by atoms with van der Waals surface area (Å²) in [5.41, 5.74) is 11.2. The fraction of sp³-hybridized carbons (Fsp3) is 0.389. The highest BCUT2D eigenvalue weighted by Crippen LogP contribution is 2.25. The third-order valence-corrected chi connectivity index (χ3v) is 4.41. The van der Waals surface area contributed by atoms with Gasteiger partial charge in [0.15, 0.2) is 0 Å². The van der Waals surface area contributed by atoms with Crippen molar-refractivity contribution >= 4 is 5.82 Å². The summed E-state index contributed by atoms with van der Waals surface area (Å²) in [6.07, 6.45) is 2.03. The van der Waals surface area contributed by atoms with Gasteiger partial charge in [0.05, 0.1) is 0 Å². The monoisotopic (exact) mass is 281 g/mol. The van der Waals surface area contributed by atoms with Crippen LogP contribution in [0.4, 0.5) is 5.82 Å². The minimum atomic E-state index is 0.0913. The molecule has 0 radical (unpaired) electrons. The van der Waals surface area contributed by atoms with Crippen LogP contribution in [-0.2, 0) is 13.0 Å². The van der Waals surface area contributed by atoms with E-state index in [0.717, 1.165) is 37.4 Å². The predicted octanol–water partition coefficient (Wildman–Crippen LogP) is 3.36. The van der Waals surface area contributed by atoms with E-state index in [4.69, 9.17) is 10.7 Å². The zero-order chi connectivity index (χ0) is 14.8. The van der Waals surface area contributed by atoms with Crippen LogP contribution < -0.4 is 10.6 Å². The first-order chi connectivity index (χ1) is 10.2.